The largest absolute Gasteiger partial charge is 0.444 e. The quantitative estimate of drug-likeness (QED) is 0.506. The minimum absolute atomic E-state index is 0.269. The second-order valence-electron chi connectivity index (χ2n) is 5.64. The molecule has 0 saturated carbocycles. The van der Waals surface area contributed by atoms with Gasteiger partial charge in [-0.15, -0.1) is 0 Å². The smallest absolute Gasteiger partial charge is 0.417 e. The molecule has 1 aromatic carbocycles. The van der Waals surface area contributed by atoms with Crippen LogP contribution < -0.4 is 5.32 Å². The first-order valence-corrected chi connectivity index (χ1v) is 6.71. The van der Waals surface area contributed by atoms with Crippen molar-refractivity contribution in [3.05, 3.63) is 39.4 Å². The second-order valence-corrected chi connectivity index (χ2v) is 5.64. The van der Waals surface area contributed by atoms with Crippen molar-refractivity contribution >= 4 is 11.8 Å². The average Bonchev–Trinajstić information content (AvgIpc) is 2.40. The molecule has 1 rings (SSSR count). The first-order valence-electron chi connectivity index (χ1n) is 6.71. The lowest BCUT2D eigenvalue weighted by molar-refractivity contribution is -0.384. The van der Waals surface area contributed by atoms with E-state index in [0.717, 1.165) is 12.1 Å². The zero-order valence-corrected chi connectivity index (χ0v) is 13.2. The van der Waals surface area contributed by atoms with Crippen LogP contribution in [0.2, 0.25) is 0 Å². The molecule has 0 saturated heterocycles. The van der Waals surface area contributed by atoms with Gasteiger partial charge in [-0.3, -0.25) is 10.1 Å². The Labute approximate surface area is 136 Å². The Bertz CT molecular complexity index is 697. The van der Waals surface area contributed by atoms with E-state index < -0.39 is 39.6 Å². The Morgan fingerprint density at radius 2 is 1.96 bits per heavy atom. The average molecular weight is 344 g/mol. The van der Waals surface area contributed by atoms with E-state index in [1.165, 1.54) is 0 Å². The number of alkyl halides is 3. The van der Waals surface area contributed by atoms with Gasteiger partial charge in [-0.1, -0.05) is 11.8 Å². The maximum Gasteiger partial charge on any atom is 0.417 e. The molecule has 0 radical (unpaired) electrons. The van der Waals surface area contributed by atoms with E-state index >= 15 is 0 Å². The normalized spacial score (nSPS) is 11.2. The van der Waals surface area contributed by atoms with Crippen LogP contribution in [0.15, 0.2) is 18.2 Å². The van der Waals surface area contributed by atoms with Crippen molar-refractivity contribution in [1.82, 2.24) is 5.32 Å². The van der Waals surface area contributed by atoms with E-state index in [0.29, 0.717) is 6.07 Å². The van der Waals surface area contributed by atoms with E-state index in [1.807, 2.05) is 0 Å². The predicted molar refractivity (Wildman–Crippen MR) is 79.2 cm³/mol. The topological polar surface area (TPSA) is 81.5 Å². The highest BCUT2D eigenvalue weighted by Crippen LogP contribution is 2.33. The van der Waals surface area contributed by atoms with Gasteiger partial charge in [0.2, 0.25) is 0 Å². The number of alkyl carbamates (subject to hydrolysis) is 1. The second kappa shape index (κ2) is 7.21. The van der Waals surface area contributed by atoms with Crippen molar-refractivity contribution in [3.63, 3.8) is 0 Å². The van der Waals surface area contributed by atoms with E-state index in [1.54, 1.807) is 20.8 Å². The van der Waals surface area contributed by atoms with Crippen molar-refractivity contribution in [3.8, 4) is 11.8 Å². The lowest BCUT2D eigenvalue weighted by Crippen LogP contribution is -2.32. The monoisotopic (exact) mass is 344 g/mol. The standard InChI is InChI=1S/C15H15F3N2O4/c1-14(2,3)24-13(21)19-8-4-5-10-9-11(20(22)23)6-7-12(10)15(16,17)18/h6-7,9H,8H2,1-3H3,(H,19,21). The van der Waals surface area contributed by atoms with Gasteiger partial charge >= 0.3 is 12.3 Å². The number of benzene rings is 1. The van der Waals surface area contributed by atoms with Crippen LogP contribution in [0.25, 0.3) is 0 Å². The van der Waals surface area contributed by atoms with Gasteiger partial charge in [0.15, 0.2) is 0 Å². The third-order valence-corrected chi connectivity index (χ3v) is 2.46. The molecule has 0 aliphatic heterocycles. The van der Waals surface area contributed by atoms with Crippen LogP contribution in [0.4, 0.5) is 23.7 Å². The summed E-state index contributed by atoms with van der Waals surface area (Å²) >= 11 is 0. The van der Waals surface area contributed by atoms with Crippen LogP contribution in [-0.4, -0.2) is 23.2 Å². The summed E-state index contributed by atoms with van der Waals surface area (Å²) in [6.07, 6.45) is -5.47. The van der Waals surface area contributed by atoms with Gasteiger partial charge in [0.25, 0.3) is 5.69 Å². The summed E-state index contributed by atoms with van der Waals surface area (Å²) in [6, 6.07) is 2.10. The molecule has 0 spiro atoms. The molecular formula is C15H15F3N2O4. The van der Waals surface area contributed by atoms with Gasteiger partial charge in [-0.2, -0.15) is 13.2 Å². The van der Waals surface area contributed by atoms with Crippen molar-refractivity contribution in [2.75, 3.05) is 6.54 Å². The van der Waals surface area contributed by atoms with Crippen LogP contribution >= 0.6 is 0 Å². The fourth-order valence-electron chi connectivity index (χ4n) is 1.57. The highest BCUT2D eigenvalue weighted by atomic mass is 19.4. The van der Waals surface area contributed by atoms with Crippen molar-refractivity contribution in [2.45, 2.75) is 32.5 Å². The van der Waals surface area contributed by atoms with E-state index in [-0.39, 0.29) is 6.54 Å². The van der Waals surface area contributed by atoms with Crippen LogP contribution in [0.5, 0.6) is 0 Å². The molecule has 0 aliphatic rings. The van der Waals surface area contributed by atoms with Gasteiger partial charge in [0.1, 0.15) is 5.60 Å². The molecule has 130 valence electrons. The van der Waals surface area contributed by atoms with Gasteiger partial charge in [-0.05, 0) is 26.8 Å². The first-order chi connectivity index (χ1) is 10.9. The number of hydrogen-bond acceptors (Lipinski definition) is 4. The first kappa shape index (κ1) is 19.3. The predicted octanol–water partition coefficient (Wildman–Crippen LogP) is 3.49. The number of non-ortho nitro benzene ring substituents is 1. The summed E-state index contributed by atoms with van der Waals surface area (Å²) in [5.41, 5.74) is -2.85. The summed E-state index contributed by atoms with van der Waals surface area (Å²) in [6.45, 7) is 4.68. The molecule has 24 heavy (non-hydrogen) atoms. The lowest BCUT2D eigenvalue weighted by atomic mass is 10.1. The number of carbonyl (C=O) groups is 1. The molecule has 0 atom stereocenters. The van der Waals surface area contributed by atoms with Crippen molar-refractivity contribution < 1.29 is 27.6 Å². The van der Waals surface area contributed by atoms with Crippen LogP contribution in [0, 0.1) is 22.0 Å². The number of ether oxygens (including phenoxy) is 1. The van der Waals surface area contributed by atoms with Gasteiger partial charge < -0.3 is 10.1 Å². The Morgan fingerprint density at radius 3 is 2.46 bits per heavy atom. The number of carbonyl (C=O) groups excluding carboxylic acids is 1. The third-order valence-electron chi connectivity index (χ3n) is 2.46. The summed E-state index contributed by atoms with van der Waals surface area (Å²) in [4.78, 5) is 21.2. The Kier molecular flexibility index (Phi) is 5.79. The number of nitrogens with zero attached hydrogens (tertiary/aromatic N) is 1. The number of hydrogen-bond donors (Lipinski definition) is 1. The van der Waals surface area contributed by atoms with Crippen LogP contribution in [0.1, 0.15) is 31.9 Å². The molecule has 1 N–H and O–H groups in total. The number of rotatable bonds is 2. The zero-order valence-electron chi connectivity index (χ0n) is 13.2. The maximum atomic E-state index is 12.9. The molecule has 0 bridgehead atoms. The minimum atomic E-state index is -4.70. The summed E-state index contributed by atoms with van der Waals surface area (Å²) < 4.78 is 43.6. The molecule has 9 heteroatoms. The minimum Gasteiger partial charge on any atom is -0.444 e. The molecule has 6 nitrogen and oxygen atoms in total. The van der Waals surface area contributed by atoms with Crippen molar-refractivity contribution in [1.29, 1.82) is 0 Å². The number of amides is 1. The van der Waals surface area contributed by atoms with Crippen molar-refractivity contribution in [2.24, 2.45) is 0 Å². The van der Waals surface area contributed by atoms with E-state index in [2.05, 4.69) is 17.2 Å². The number of halogens is 3. The van der Waals surface area contributed by atoms with Gasteiger partial charge in [0.05, 0.1) is 17.0 Å². The Hall–Kier alpha value is -2.76. The van der Waals surface area contributed by atoms with Crippen LogP contribution in [-0.2, 0) is 10.9 Å². The summed E-state index contributed by atoms with van der Waals surface area (Å²) in [5, 5.41) is 12.9. The Balaban J connectivity index is 2.92. The van der Waals surface area contributed by atoms with E-state index in [9.17, 15) is 28.1 Å². The molecular weight excluding hydrogens is 329 g/mol. The molecule has 0 unspecified atom stereocenters. The highest BCUT2D eigenvalue weighted by Gasteiger charge is 2.33. The number of nitro benzene ring substituents is 1. The zero-order chi connectivity index (χ0) is 18.5. The molecule has 0 fully saturated rings. The molecule has 0 aliphatic carbocycles. The lowest BCUT2D eigenvalue weighted by Gasteiger charge is -2.19. The summed E-state index contributed by atoms with van der Waals surface area (Å²) in [5.74, 6) is 4.50. The SMILES string of the molecule is CC(C)(C)OC(=O)NCC#Cc1cc([N+](=O)[O-])ccc1C(F)(F)F. The highest BCUT2D eigenvalue weighted by molar-refractivity contribution is 5.68. The Morgan fingerprint density at radius 1 is 1.33 bits per heavy atom. The number of nitro groups is 1. The maximum absolute atomic E-state index is 12.9. The fourth-order valence-corrected chi connectivity index (χ4v) is 1.57. The van der Waals surface area contributed by atoms with Gasteiger partial charge in [-0.25, -0.2) is 4.79 Å². The fraction of sp³-hybridized carbons (Fsp3) is 0.400. The molecule has 0 aromatic heterocycles. The molecule has 0 heterocycles. The van der Waals surface area contributed by atoms with Gasteiger partial charge in [0, 0.05) is 17.7 Å². The molecule has 1 amide bonds. The number of nitrogens with one attached hydrogen (secondary N) is 1. The van der Waals surface area contributed by atoms with E-state index in [4.69, 9.17) is 4.74 Å². The summed E-state index contributed by atoms with van der Waals surface area (Å²) in [7, 11) is 0. The van der Waals surface area contributed by atoms with Crippen LogP contribution in [0.3, 0.4) is 0 Å². The third kappa shape index (κ3) is 6.16. The molecule has 1 aromatic rings.